The van der Waals surface area contributed by atoms with Crippen LogP contribution in [0.2, 0.25) is 0 Å². The number of rotatable bonds is 4. The summed E-state index contributed by atoms with van der Waals surface area (Å²) in [5.74, 6) is -0.0429. The van der Waals surface area contributed by atoms with Gasteiger partial charge in [-0.05, 0) is 24.3 Å². The molecule has 2 aromatic rings. The zero-order chi connectivity index (χ0) is 15.5. The Bertz CT molecular complexity index is 620. The maximum Gasteiger partial charge on any atom is 0.416 e. The van der Waals surface area contributed by atoms with Crippen LogP contribution in [0.3, 0.4) is 0 Å². The van der Waals surface area contributed by atoms with Gasteiger partial charge in [-0.2, -0.15) is 18.3 Å². The number of nitrogens with one attached hydrogen (secondary N) is 1. The van der Waals surface area contributed by atoms with Gasteiger partial charge in [0.1, 0.15) is 0 Å². The molecule has 8 heteroatoms. The summed E-state index contributed by atoms with van der Waals surface area (Å²) >= 11 is 0. The Morgan fingerprint density at radius 3 is 2.52 bits per heavy atom. The highest BCUT2D eigenvalue weighted by molar-refractivity contribution is 5.91. The molecule has 1 aromatic carbocycles. The molecule has 5 nitrogen and oxygen atoms in total. The Labute approximate surface area is 118 Å². The molecular formula is C13H12F3N3O2. The molecule has 0 aliphatic heterocycles. The van der Waals surface area contributed by atoms with Crippen LogP contribution in [0.15, 0.2) is 36.7 Å². The maximum atomic E-state index is 12.4. The van der Waals surface area contributed by atoms with Crippen molar-refractivity contribution in [3.8, 4) is 5.75 Å². The minimum Gasteiger partial charge on any atom is -0.480 e. The van der Waals surface area contributed by atoms with Crippen molar-refractivity contribution < 1.29 is 22.7 Å². The number of anilines is 1. The average Bonchev–Trinajstić information content (AvgIpc) is 2.82. The van der Waals surface area contributed by atoms with Crippen LogP contribution in [-0.4, -0.2) is 22.3 Å². The summed E-state index contributed by atoms with van der Waals surface area (Å²) in [7, 11) is 1.70. The Morgan fingerprint density at radius 2 is 2.00 bits per heavy atom. The van der Waals surface area contributed by atoms with Gasteiger partial charge in [0.2, 0.25) is 0 Å². The number of nitrogens with zero attached hydrogens (tertiary/aromatic N) is 2. The van der Waals surface area contributed by atoms with E-state index in [2.05, 4.69) is 10.4 Å². The summed E-state index contributed by atoms with van der Waals surface area (Å²) in [5.41, 5.74) is -0.505. The van der Waals surface area contributed by atoms with Gasteiger partial charge in [-0.3, -0.25) is 9.48 Å². The van der Waals surface area contributed by atoms with Gasteiger partial charge in [0.05, 0.1) is 18.0 Å². The summed E-state index contributed by atoms with van der Waals surface area (Å²) in [4.78, 5) is 11.6. The molecule has 0 atom stereocenters. The predicted octanol–water partition coefficient (Wildman–Crippen LogP) is 2.46. The first-order valence-electron chi connectivity index (χ1n) is 5.93. The molecule has 1 heterocycles. The molecule has 0 saturated heterocycles. The van der Waals surface area contributed by atoms with Crippen molar-refractivity contribution in [1.29, 1.82) is 0 Å². The topological polar surface area (TPSA) is 56.1 Å². The second kappa shape index (κ2) is 5.86. The van der Waals surface area contributed by atoms with Gasteiger partial charge < -0.3 is 10.1 Å². The molecule has 2 rings (SSSR count). The molecule has 112 valence electrons. The van der Waals surface area contributed by atoms with Gasteiger partial charge in [0.15, 0.2) is 12.4 Å². The van der Waals surface area contributed by atoms with E-state index in [4.69, 9.17) is 4.74 Å². The third-order valence-electron chi connectivity index (χ3n) is 2.55. The van der Waals surface area contributed by atoms with Gasteiger partial charge in [0, 0.05) is 12.7 Å². The highest BCUT2D eigenvalue weighted by atomic mass is 19.4. The predicted molar refractivity (Wildman–Crippen MR) is 68.8 cm³/mol. The zero-order valence-electron chi connectivity index (χ0n) is 11.0. The van der Waals surface area contributed by atoms with E-state index in [1.54, 1.807) is 13.2 Å². The van der Waals surface area contributed by atoms with Gasteiger partial charge in [-0.25, -0.2) is 0 Å². The smallest absolute Gasteiger partial charge is 0.416 e. The number of ether oxygens (including phenoxy) is 1. The Hall–Kier alpha value is -2.51. The first kappa shape index (κ1) is 14.9. The molecule has 0 aliphatic carbocycles. The Kier molecular flexibility index (Phi) is 4.15. The molecule has 1 amide bonds. The molecule has 0 bridgehead atoms. The van der Waals surface area contributed by atoms with Crippen molar-refractivity contribution in [1.82, 2.24) is 9.78 Å². The molecule has 0 radical (unpaired) electrons. The van der Waals surface area contributed by atoms with Crippen molar-refractivity contribution in [3.63, 3.8) is 0 Å². The summed E-state index contributed by atoms with van der Waals surface area (Å²) < 4.78 is 43.8. The lowest BCUT2D eigenvalue weighted by atomic mass is 10.2. The number of carbonyl (C=O) groups excluding carboxylic acids is 1. The number of hydrogen-bond donors (Lipinski definition) is 1. The first-order valence-corrected chi connectivity index (χ1v) is 5.93. The van der Waals surface area contributed by atoms with Crippen LogP contribution < -0.4 is 10.1 Å². The third-order valence-corrected chi connectivity index (χ3v) is 2.55. The van der Waals surface area contributed by atoms with E-state index in [0.29, 0.717) is 5.75 Å². The van der Waals surface area contributed by atoms with Crippen LogP contribution in [0.4, 0.5) is 18.9 Å². The maximum absolute atomic E-state index is 12.4. The lowest BCUT2D eigenvalue weighted by Crippen LogP contribution is -2.20. The monoisotopic (exact) mass is 299 g/mol. The van der Waals surface area contributed by atoms with Crippen LogP contribution in [-0.2, 0) is 18.0 Å². The van der Waals surface area contributed by atoms with Crippen LogP contribution >= 0.6 is 0 Å². The Balaban J connectivity index is 1.88. The SMILES string of the molecule is Cn1cc(OCC(=O)Nc2ccc(C(F)(F)F)cc2)cn1. The second-order valence-corrected chi connectivity index (χ2v) is 4.26. The molecule has 0 spiro atoms. The van der Waals surface area contributed by atoms with Gasteiger partial charge in [-0.15, -0.1) is 0 Å². The second-order valence-electron chi connectivity index (χ2n) is 4.26. The largest absolute Gasteiger partial charge is 0.480 e. The van der Waals surface area contributed by atoms with Gasteiger partial charge in [-0.1, -0.05) is 0 Å². The number of halogens is 3. The van der Waals surface area contributed by atoms with Gasteiger partial charge >= 0.3 is 6.18 Å². The third kappa shape index (κ3) is 4.23. The molecule has 0 fully saturated rings. The fraction of sp³-hybridized carbons (Fsp3) is 0.231. The summed E-state index contributed by atoms with van der Waals surface area (Å²) in [6, 6.07) is 4.17. The van der Waals surface area contributed by atoms with Crippen molar-refractivity contribution in [3.05, 3.63) is 42.2 Å². The molecule has 0 unspecified atom stereocenters. The van der Waals surface area contributed by atoms with Crippen LogP contribution in [0, 0.1) is 0 Å². The van der Waals surface area contributed by atoms with Crippen molar-refractivity contribution in [2.45, 2.75) is 6.18 Å². The number of aryl methyl sites for hydroxylation is 1. The average molecular weight is 299 g/mol. The molecular weight excluding hydrogens is 287 g/mol. The highest BCUT2D eigenvalue weighted by Crippen LogP contribution is 2.29. The minimum atomic E-state index is -4.40. The van der Waals surface area contributed by atoms with E-state index in [1.807, 2.05) is 0 Å². The number of aromatic nitrogens is 2. The summed E-state index contributed by atoms with van der Waals surface area (Å²) in [6.07, 6.45) is -1.36. The van der Waals surface area contributed by atoms with E-state index in [9.17, 15) is 18.0 Å². The highest BCUT2D eigenvalue weighted by Gasteiger charge is 2.29. The fourth-order valence-electron chi connectivity index (χ4n) is 1.56. The lowest BCUT2D eigenvalue weighted by Gasteiger charge is -2.09. The Morgan fingerprint density at radius 1 is 1.33 bits per heavy atom. The fourth-order valence-corrected chi connectivity index (χ4v) is 1.56. The first-order chi connectivity index (χ1) is 9.84. The van der Waals surface area contributed by atoms with Crippen molar-refractivity contribution in [2.75, 3.05) is 11.9 Å². The van der Waals surface area contributed by atoms with Crippen molar-refractivity contribution in [2.24, 2.45) is 7.05 Å². The number of hydrogen-bond acceptors (Lipinski definition) is 3. The number of carbonyl (C=O) groups is 1. The van der Waals surface area contributed by atoms with E-state index < -0.39 is 17.6 Å². The van der Waals surface area contributed by atoms with Crippen LogP contribution in [0.25, 0.3) is 0 Å². The summed E-state index contributed by atoms with van der Waals surface area (Å²) in [6.45, 7) is -0.257. The van der Waals surface area contributed by atoms with E-state index in [1.165, 1.54) is 23.0 Å². The van der Waals surface area contributed by atoms with E-state index in [-0.39, 0.29) is 12.3 Å². The van der Waals surface area contributed by atoms with Crippen LogP contribution in [0.5, 0.6) is 5.75 Å². The van der Waals surface area contributed by atoms with E-state index in [0.717, 1.165) is 12.1 Å². The normalized spacial score (nSPS) is 11.2. The number of benzene rings is 1. The molecule has 0 saturated carbocycles. The minimum absolute atomic E-state index is 0.257. The standard InChI is InChI=1S/C13H12F3N3O2/c1-19-7-11(6-17-19)21-8-12(20)18-10-4-2-9(3-5-10)13(14,15)16/h2-7H,8H2,1H3,(H,18,20). The lowest BCUT2D eigenvalue weighted by molar-refractivity contribution is -0.137. The van der Waals surface area contributed by atoms with Gasteiger partial charge in [0.25, 0.3) is 5.91 Å². The molecule has 1 aromatic heterocycles. The van der Waals surface area contributed by atoms with Crippen LogP contribution in [0.1, 0.15) is 5.56 Å². The molecule has 1 N–H and O–H groups in total. The van der Waals surface area contributed by atoms with E-state index >= 15 is 0 Å². The molecule has 21 heavy (non-hydrogen) atoms. The zero-order valence-corrected chi connectivity index (χ0v) is 11.0. The summed E-state index contributed by atoms with van der Waals surface area (Å²) in [5, 5.41) is 6.30. The van der Waals surface area contributed by atoms with Crippen molar-refractivity contribution >= 4 is 11.6 Å². The number of amides is 1. The quantitative estimate of drug-likeness (QED) is 0.943. The molecule has 0 aliphatic rings. The number of alkyl halides is 3.